The molecule has 104 valence electrons. The van der Waals surface area contributed by atoms with Crippen LogP contribution in [0.4, 0.5) is 0 Å². The first-order valence-electron chi connectivity index (χ1n) is 6.53. The first-order valence-corrected chi connectivity index (χ1v) is 6.53. The van der Waals surface area contributed by atoms with Gasteiger partial charge in [0, 0.05) is 13.0 Å². The Bertz CT molecular complexity index is 285. The molecule has 2 atom stereocenters. The quantitative estimate of drug-likeness (QED) is 0.728. The van der Waals surface area contributed by atoms with Crippen LogP contribution in [0.3, 0.4) is 0 Å². The van der Waals surface area contributed by atoms with Gasteiger partial charge in [-0.2, -0.15) is 0 Å². The lowest BCUT2D eigenvalue weighted by molar-refractivity contribution is -0.146. The second kappa shape index (κ2) is 7.36. The predicted molar refractivity (Wildman–Crippen MR) is 67.0 cm³/mol. The molecule has 1 heterocycles. The second-order valence-electron chi connectivity index (χ2n) is 4.99. The van der Waals surface area contributed by atoms with E-state index in [-0.39, 0.29) is 17.9 Å². The minimum atomic E-state index is -0.563. The molecule has 1 aliphatic rings. The number of carbonyl (C=O) groups is 2. The minimum Gasteiger partial charge on any atom is -0.467 e. The van der Waals surface area contributed by atoms with E-state index in [0.717, 1.165) is 25.9 Å². The molecule has 0 aromatic carbocycles. The predicted octanol–water partition coefficient (Wildman–Crippen LogP) is 1.26. The number of esters is 1. The normalized spacial score (nSPS) is 20.8. The van der Waals surface area contributed by atoms with Crippen LogP contribution in [0.15, 0.2) is 0 Å². The number of amides is 1. The lowest BCUT2D eigenvalue weighted by Crippen LogP contribution is -2.45. The van der Waals surface area contributed by atoms with Gasteiger partial charge in [0.05, 0.1) is 13.2 Å². The summed E-state index contributed by atoms with van der Waals surface area (Å²) >= 11 is 0. The van der Waals surface area contributed by atoms with Crippen molar-refractivity contribution >= 4 is 11.9 Å². The molecule has 1 rings (SSSR count). The standard InChI is InChI=1S/C13H23NO4/c1-9(2)12(13(16)17-3)14-11(15)7-6-10-5-4-8-18-10/h9-10,12H,4-8H2,1-3H3,(H,14,15). The Morgan fingerprint density at radius 3 is 2.67 bits per heavy atom. The van der Waals surface area contributed by atoms with Crippen LogP contribution in [0.1, 0.15) is 39.5 Å². The Morgan fingerprint density at radius 2 is 2.17 bits per heavy atom. The molecule has 5 heteroatoms. The van der Waals surface area contributed by atoms with Crippen LogP contribution in [0, 0.1) is 5.92 Å². The summed E-state index contributed by atoms with van der Waals surface area (Å²) in [6.07, 6.45) is 3.41. The van der Waals surface area contributed by atoms with Gasteiger partial charge in [0.1, 0.15) is 6.04 Å². The van der Waals surface area contributed by atoms with E-state index < -0.39 is 12.0 Å². The van der Waals surface area contributed by atoms with Crippen LogP contribution < -0.4 is 5.32 Å². The summed E-state index contributed by atoms with van der Waals surface area (Å²) in [5.74, 6) is -0.491. The smallest absolute Gasteiger partial charge is 0.328 e. The van der Waals surface area contributed by atoms with Crippen LogP contribution >= 0.6 is 0 Å². The summed E-state index contributed by atoms with van der Waals surface area (Å²) in [4.78, 5) is 23.2. The van der Waals surface area contributed by atoms with E-state index in [1.807, 2.05) is 13.8 Å². The number of carbonyl (C=O) groups excluding carboxylic acids is 2. The maximum atomic E-state index is 11.8. The van der Waals surface area contributed by atoms with Gasteiger partial charge in [0.15, 0.2) is 0 Å². The summed E-state index contributed by atoms with van der Waals surface area (Å²) in [5, 5.41) is 2.72. The Labute approximate surface area is 108 Å². The number of hydrogen-bond acceptors (Lipinski definition) is 4. The lowest BCUT2D eigenvalue weighted by atomic mass is 10.0. The van der Waals surface area contributed by atoms with Crippen molar-refractivity contribution in [2.75, 3.05) is 13.7 Å². The van der Waals surface area contributed by atoms with E-state index in [1.54, 1.807) is 0 Å². The van der Waals surface area contributed by atoms with Gasteiger partial charge in [0.2, 0.25) is 5.91 Å². The van der Waals surface area contributed by atoms with Crippen molar-refractivity contribution in [2.45, 2.75) is 51.7 Å². The molecule has 0 aromatic rings. The molecule has 0 spiro atoms. The molecule has 5 nitrogen and oxygen atoms in total. The Morgan fingerprint density at radius 1 is 1.44 bits per heavy atom. The van der Waals surface area contributed by atoms with Gasteiger partial charge in [-0.05, 0) is 25.2 Å². The van der Waals surface area contributed by atoms with Crippen LogP contribution in [0.2, 0.25) is 0 Å². The van der Waals surface area contributed by atoms with Crippen molar-refractivity contribution < 1.29 is 19.1 Å². The molecule has 0 radical (unpaired) electrons. The van der Waals surface area contributed by atoms with E-state index in [0.29, 0.717) is 6.42 Å². The van der Waals surface area contributed by atoms with Crippen molar-refractivity contribution in [2.24, 2.45) is 5.92 Å². The SMILES string of the molecule is COC(=O)C(NC(=O)CCC1CCCO1)C(C)C. The number of hydrogen-bond donors (Lipinski definition) is 1. The first-order chi connectivity index (χ1) is 8.54. The summed E-state index contributed by atoms with van der Waals surface area (Å²) < 4.78 is 10.1. The number of methoxy groups -OCH3 is 1. The highest BCUT2D eigenvalue weighted by molar-refractivity contribution is 5.84. The van der Waals surface area contributed by atoms with Crippen LogP contribution in [-0.2, 0) is 19.1 Å². The fourth-order valence-electron chi connectivity index (χ4n) is 2.03. The maximum Gasteiger partial charge on any atom is 0.328 e. The molecule has 1 saturated heterocycles. The third-order valence-electron chi connectivity index (χ3n) is 3.16. The Hall–Kier alpha value is -1.10. The van der Waals surface area contributed by atoms with Crippen LogP contribution in [0.5, 0.6) is 0 Å². The van der Waals surface area contributed by atoms with E-state index in [1.165, 1.54) is 7.11 Å². The zero-order valence-electron chi connectivity index (χ0n) is 11.4. The maximum absolute atomic E-state index is 11.8. The monoisotopic (exact) mass is 257 g/mol. The molecule has 1 amide bonds. The average molecular weight is 257 g/mol. The van der Waals surface area contributed by atoms with Gasteiger partial charge in [0.25, 0.3) is 0 Å². The number of nitrogens with one attached hydrogen (secondary N) is 1. The first kappa shape index (κ1) is 15.0. The highest BCUT2D eigenvalue weighted by Gasteiger charge is 2.25. The highest BCUT2D eigenvalue weighted by Crippen LogP contribution is 2.16. The molecular weight excluding hydrogens is 234 g/mol. The van der Waals surface area contributed by atoms with Crippen LogP contribution in [0.25, 0.3) is 0 Å². The third-order valence-corrected chi connectivity index (χ3v) is 3.16. The molecule has 18 heavy (non-hydrogen) atoms. The van der Waals surface area contributed by atoms with Gasteiger partial charge < -0.3 is 14.8 Å². The topological polar surface area (TPSA) is 64.6 Å². The molecule has 1 aliphatic heterocycles. The van der Waals surface area contributed by atoms with Crippen LogP contribution in [-0.4, -0.2) is 37.7 Å². The largest absolute Gasteiger partial charge is 0.467 e. The summed E-state index contributed by atoms with van der Waals surface area (Å²) in [7, 11) is 1.33. The highest BCUT2D eigenvalue weighted by atomic mass is 16.5. The molecule has 0 aliphatic carbocycles. The molecule has 0 saturated carbocycles. The third kappa shape index (κ3) is 4.64. The van der Waals surface area contributed by atoms with Gasteiger partial charge in [-0.3, -0.25) is 4.79 Å². The van der Waals surface area contributed by atoms with E-state index >= 15 is 0 Å². The second-order valence-corrected chi connectivity index (χ2v) is 4.99. The molecule has 0 bridgehead atoms. The van der Waals surface area contributed by atoms with Gasteiger partial charge in [-0.1, -0.05) is 13.8 Å². The molecule has 1 N–H and O–H groups in total. The molecule has 1 fully saturated rings. The number of ether oxygens (including phenoxy) is 2. The summed E-state index contributed by atoms with van der Waals surface area (Å²) in [6, 6.07) is -0.563. The minimum absolute atomic E-state index is 0.0177. The van der Waals surface area contributed by atoms with E-state index in [9.17, 15) is 9.59 Å². The fourth-order valence-corrected chi connectivity index (χ4v) is 2.03. The zero-order chi connectivity index (χ0) is 13.5. The molecular formula is C13H23NO4. The van der Waals surface area contributed by atoms with Gasteiger partial charge in [-0.15, -0.1) is 0 Å². The fraction of sp³-hybridized carbons (Fsp3) is 0.846. The average Bonchev–Trinajstić information content (AvgIpc) is 2.85. The molecule has 2 unspecified atom stereocenters. The summed E-state index contributed by atoms with van der Waals surface area (Å²) in [5.41, 5.74) is 0. The van der Waals surface area contributed by atoms with Crippen molar-refractivity contribution in [1.82, 2.24) is 5.32 Å². The Kier molecular flexibility index (Phi) is 6.12. The van der Waals surface area contributed by atoms with Gasteiger partial charge >= 0.3 is 5.97 Å². The molecule has 0 aromatic heterocycles. The Balaban J connectivity index is 2.33. The van der Waals surface area contributed by atoms with Crippen molar-refractivity contribution in [1.29, 1.82) is 0 Å². The van der Waals surface area contributed by atoms with E-state index in [2.05, 4.69) is 10.1 Å². The number of rotatable bonds is 6. The lowest BCUT2D eigenvalue weighted by Gasteiger charge is -2.20. The van der Waals surface area contributed by atoms with E-state index in [4.69, 9.17) is 4.74 Å². The zero-order valence-corrected chi connectivity index (χ0v) is 11.4. The van der Waals surface area contributed by atoms with Crippen molar-refractivity contribution in [3.05, 3.63) is 0 Å². The van der Waals surface area contributed by atoms with Crippen molar-refractivity contribution in [3.8, 4) is 0 Å². The summed E-state index contributed by atoms with van der Waals surface area (Å²) in [6.45, 7) is 4.55. The van der Waals surface area contributed by atoms with Crippen molar-refractivity contribution in [3.63, 3.8) is 0 Å². The van der Waals surface area contributed by atoms with Gasteiger partial charge in [-0.25, -0.2) is 4.79 Å².